The minimum atomic E-state index is -1.04. The van der Waals surface area contributed by atoms with Crippen LogP contribution in [0.4, 0.5) is 11.6 Å². The third-order valence-corrected chi connectivity index (χ3v) is 1.95. The standard InChI is InChI=1S/C8H11ClN6O2/c1-3(10)5-7(11)14-8(6(9)13-5)15-12-2-4(16)17/h10,12H,2H2,1H3,(H,16,17)(H3,11,14,15). The molecule has 0 aromatic carbocycles. The van der Waals surface area contributed by atoms with Crippen molar-refractivity contribution in [2.24, 2.45) is 0 Å². The number of rotatable bonds is 5. The SMILES string of the molecule is CC(=N)c1nc(Cl)c(NNCC(=O)O)nc1N. The minimum absolute atomic E-state index is 0.00121. The monoisotopic (exact) mass is 258 g/mol. The molecule has 0 aliphatic rings. The highest BCUT2D eigenvalue weighted by Gasteiger charge is 2.11. The Kier molecular flexibility index (Phi) is 4.18. The van der Waals surface area contributed by atoms with E-state index in [1.165, 1.54) is 6.92 Å². The summed E-state index contributed by atoms with van der Waals surface area (Å²) in [5, 5.41) is 15.8. The second kappa shape index (κ2) is 5.41. The van der Waals surface area contributed by atoms with Gasteiger partial charge in [-0.15, -0.1) is 0 Å². The summed E-state index contributed by atoms with van der Waals surface area (Å²) in [5.74, 6) is -0.890. The number of carbonyl (C=O) groups is 1. The molecular formula is C8H11ClN6O2. The highest BCUT2D eigenvalue weighted by atomic mass is 35.5. The number of aromatic nitrogens is 2. The number of hydrogen-bond acceptors (Lipinski definition) is 7. The molecule has 1 aromatic rings. The van der Waals surface area contributed by atoms with Crippen LogP contribution >= 0.6 is 11.6 Å². The lowest BCUT2D eigenvalue weighted by molar-refractivity contribution is -0.135. The molecule has 0 atom stereocenters. The van der Waals surface area contributed by atoms with E-state index in [-0.39, 0.29) is 34.7 Å². The van der Waals surface area contributed by atoms with Crippen molar-refractivity contribution in [1.82, 2.24) is 15.4 Å². The zero-order valence-electron chi connectivity index (χ0n) is 8.91. The summed E-state index contributed by atoms with van der Waals surface area (Å²) in [4.78, 5) is 18.0. The summed E-state index contributed by atoms with van der Waals surface area (Å²) in [6.07, 6.45) is 0. The number of hydrogen-bond donors (Lipinski definition) is 5. The molecule has 0 amide bonds. The van der Waals surface area contributed by atoms with E-state index < -0.39 is 5.97 Å². The van der Waals surface area contributed by atoms with Crippen molar-refractivity contribution in [3.8, 4) is 0 Å². The van der Waals surface area contributed by atoms with Crippen molar-refractivity contribution >= 4 is 34.9 Å². The van der Waals surface area contributed by atoms with Gasteiger partial charge in [-0.3, -0.25) is 4.79 Å². The third-order valence-electron chi connectivity index (χ3n) is 1.68. The maximum atomic E-state index is 10.3. The smallest absolute Gasteiger partial charge is 0.319 e. The molecule has 17 heavy (non-hydrogen) atoms. The van der Waals surface area contributed by atoms with E-state index in [1.54, 1.807) is 0 Å². The molecule has 0 spiro atoms. The molecule has 8 nitrogen and oxygen atoms in total. The van der Waals surface area contributed by atoms with Gasteiger partial charge in [0.05, 0.1) is 5.71 Å². The second-order valence-electron chi connectivity index (χ2n) is 3.09. The van der Waals surface area contributed by atoms with Crippen molar-refractivity contribution in [2.75, 3.05) is 17.7 Å². The number of nitrogens with zero attached hydrogens (tertiary/aromatic N) is 2. The largest absolute Gasteiger partial charge is 0.480 e. The molecule has 1 rings (SSSR count). The minimum Gasteiger partial charge on any atom is -0.480 e. The Balaban J connectivity index is 2.84. The average molecular weight is 259 g/mol. The molecule has 0 radical (unpaired) electrons. The Hall–Kier alpha value is -1.93. The highest BCUT2D eigenvalue weighted by Crippen LogP contribution is 2.19. The van der Waals surface area contributed by atoms with Crippen molar-refractivity contribution in [3.05, 3.63) is 10.8 Å². The first-order chi connectivity index (χ1) is 7.91. The predicted molar refractivity (Wildman–Crippen MR) is 63.2 cm³/mol. The van der Waals surface area contributed by atoms with E-state index in [2.05, 4.69) is 20.8 Å². The number of halogens is 1. The quantitative estimate of drug-likeness (QED) is 0.373. The molecule has 6 N–H and O–H groups in total. The number of anilines is 2. The molecule has 0 fully saturated rings. The van der Waals surface area contributed by atoms with E-state index in [9.17, 15) is 4.79 Å². The second-order valence-corrected chi connectivity index (χ2v) is 3.45. The number of nitrogens with one attached hydrogen (secondary N) is 3. The predicted octanol–water partition coefficient (Wildman–Crippen LogP) is 0.101. The number of nitrogen functional groups attached to an aromatic ring is 1. The van der Waals surface area contributed by atoms with Gasteiger partial charge in [0.15, 0.2) is 16.8 Å². The van der Waals surface area contributed by atoms with Crippen LogP contribution in [0.2, 0.25) is 5.15 Å². The summed E-state index contributed by atoms with van der Waals surface area (Å²) in [6, 6.07) is 0. The lowest BCUT2D eigenvalue weighted by Gasteiger charge is -2.09. The van der Waals surface area contributed by atoms with E-state index in [1.807, 2.05) is 0 Å². The summed E-state index contributed by atoms with van der Waals surface area (Å²) in [6.45, 7) is 1.19. The summed E-state index contributed by atoms with van der Waals surface area (Å²) in [5.41, 5.74) is 10.7. The van der Waals surface area contributed by atoms with Gasteiger partial charge in [0.1, 0.15) is 12.2 Å². The van der Waals surface area contributed by atoms with E-state index in [0.29, 0.717) is 0 Å². The Bertz CT molecular complexity index is 464. The van der Waals surface area contributed by atoms with Gasteiger partial charge in [0.2, 0.25) is 0 Å². The summed E-state index contributed by atoms with van der Waals surface area (Å²) in [7, 11) is 0. The normalized spacial score (nSPS) is 10.0. The molecule has 0 saturated carbocycles. The van der Waals surface area contributed by atoms with Crippen molar-refractivity contribution in [1.29, 1.82) is 5.41 Å². The lowest BCUT2D eigenvalue weighted by atomic mass is 10.3. The molecule has 0 saturated heterocycles. The Morgan fingerprint density at radius 1 is 1.59 bits per heavy atom. The number of carboxylic acids is 1. The Labute approximate surface area is 102 Å². The topological polar surface area (TPSA) is 137 Å². The molecule has 0 aliphatic heterocycles. The van der Waals surface area contributed by atoms with E-state index in [4.69, 9.17) is 27.9 Å². The number of aliphatic carboxylic acids is 1. The van der Waals surface area contributed by atoms with Crippen molar-refractivity contribution in [3.63, 3.8) is 0 Å². The number of hydrazine groups is 1. The van der Waals surface area contributed by atoms with Gasteiger partial charge in [0, 0.05) is 0 Å². The number of carboxylic acid groups (broad SMARTS) is 1. The number of nitrogens with two attached hydrogens (primary N) is 1. The van der Waals surface area contributed by atoms with Gasteiger partial charge >= 0.3 is 5.97 Å². The first-order valence-electron chi connectivity index (χ1n) is 4.51. The van der Waals surface area contributed by atoms with Crippen LogP contribution in [0.15, 0.2) is 0 Å². The van der Waals surface area contributed by atoms with E-state index >= 15 is 0 Å². The first kappa shape index (κ1) is 13.1. The molecular weight excluding hydrogens is 248 g/mol. The fraction of sp³-hybridized carbons (Fsp3) is 0.250. The highest BCUT2D eigenvalue weighted by molar-refractivity contribution is 6.32. The van der Waals surface area contributed by atoms with Gasteiger partial charge in [-0.1, -0.05) is 11.6 Å². The zero-order valence-corrected chi connectivity index (χ0v) is 9.67. The van der Waals surface area contributed by atoms with Crippen LogP contribution < -0.4 is 16.6 Å². The van der Waals surface area contributed by atoms with Crippen LogP contribution in [0.25, 0.3) is 0 Å². The molecule has 0 bridgehead atoms. The van der Waals surface area contributed by atoms with Gasteiger partial charge < -0.3 is 21.7 Å². The van der Waals surface area contributed by atoms with Gasteiger partial charge in [-0.2, -0.15) is 0 Å². The Morgan fingerprint density at radius 3 is 2.76 bits per heavy atom. The molecule has 92 valence electrons. The van der Waals surface area contributed by atoms with E-state index in [0.717, 1.165) is 0 Å². The van der Waals surface area contributed by atoms with Crippen LogP contribution in [-0.4, -0.2) is 33.3 Å². The summed E-state index contributed by atoms with van der Waals surface area (Å²) >= 11 is 5.79. The average Bonchev–Trinajstić information content (AvgIpc) is 2.21. The fourth-order valence-electron chi connectivity index (χ4n) is 0.987. The van der Waals surface area contributed by atoms with Gasteiger partial charge in [0.25, 0.3) is 0 Å². The van der Waals surface area contributed by atoms with Crippen LogP contribution in [0.3, 0.4) is 0 Å². The van der Waals surface area contributed by atoms with Crippen LogP contribution in [0.5, 0.6) is 0 Å². The van der Waals surface area contributed by atoms with Crippen LogP contribution in [0, 0.1) is 5.41 Å². The lowest BCUT2D eigenvalue weighted by Crippen LogP contribution is -2.29. The Morgan fingerprint density at radius 2 is 2.24 bits per heavy atom. The molecule has 1 aromatic heterocycles. The molecule has 0 aliphatic carbocycles. The maximum Gasteiger partial charge on any atom is 0.319 e. The summed E-state index contributed by atoms with van der Waals surface area (Å²) < 4.78 is 0. The molecule has 0 unspecified atom stereocenters. The van der Waals surface area contributed by atoms with Crippen LogP contribution in [-0.2, 0) is 4.79 Å². The third kappa shape index (κ3) is 3.54. The van der Waals surface area contributed by atoms with Crippen molar-refractivity contribution in [2.45, 2.75) is 6.92 Å². The van der Waals surface area contributed by atoms with Gasteiger partial charge in [-0.05, 0) is 6.92 Å². The first-order valence-corrected chi connectivity index (χ1v) is 4.88. The van der Waals surface area contributed by atoms with Gasteiger partial charge in [-0.25, -0.2) is 15.4 Å². The molecule has 1 heterocycles. The zero-order chi connectivity index (χ0) is 13.0. The fourth-order valence-corrected chi connectivity index (χ4v) is 1.16. The maximum absolute atomic E-state index is 10.3. The molecule has 9 heteroatoms. The van der Waals surface area contributed by atoms with Crippen LogP contribution in [0.1, 0.15) is 12.6 Å². The van der Waals surface area contributed by atoms with Crippen molar-refractivity contribution < 1.29 is 9.90 Å².